The average Bonchev–Trinajstić information content (AvgIpc) is 3.22. The number of fused-ring (bicyclic) bond motifs is 10. The Bertz CT molecular complexity index is 4500. The summed E-state index contributed by atoms with van der Waals surface area (Å²) < 4.78 is 0. The lowest BCUT2D eigenvalue weighted by Crippen LogP contribution is -2.61. The molecule has 0 saturated heterocycles. The molecule has 86 heavy (non-hydrogen) atoms. The summed E-state index contributed by atoms with van der Waals surface area (Å²) in [6.45, 7) is 28.4. The molecule has 0 atom stereocenters. The highest BCUT2D eigenvalue weighted by molar-refractivity contribution is 7.00. The van der Waals surface area contributed by atoms with Gasteiger partial charge in [-0.3, -0.25) is 0 Å². The first kappa shape index (κ1) is 53.6. The number of anilines is 9. The first-order valence-corrected chi connectivity index (χ1v) is 30.9. The van der Waals surface area contributed by atoms with Crippen molar-refractivity contribution in [3.63, 3.8) is 0 Å². The summed E-state index contributed by atoms with van der Waals surface area (Å²) in [5.74, 6) is 0. The monoisotopic (exact) mass is 1110 g/mol. The maximum absolute atomic E-state index is 2.69. The van der Waals surface area contributed by atoms with Gasteiger partial charge in [0.1, 0.15) is 0 Å². The summed E-state index contributed by atoms with van der Waals surface area (Å²) in [5, 5.41) is 0. The van der Waals surface area contributed by atoms with Gasteiger partial charge in [0, 0.05) is 56.3 Å². The topological polar surface area (TPSA) is 9.72 Å². The fourth-order valence-electron chi connectivity index (χ4n) is 15.1. The van der Waals surface area contributed by atoms with Crippen molar-refractivity contribution in [3.8, 4) is 44.5 Å². The molecule has 0 amide bonds. The molecule has 0 aromatic heterocycles. The van der Waals surface area contributed by atoms with Crippen molar-refractivity contribution in [2.45, 2.75) is 105 Å². The molecule has 4 heteroatoms. The van der Waals surface area contributed by atoms with Crippen LogP contribution >= 0.6 is 0 Å². The Balaban J connectivity index is 1.05. The van der Waals surface area contributed by atoms with Crippen LogP contribution in [0.5, 0.6) is 0 Å². The molecule has 0 bridgehead atoms. The predicted molar refractivity (Wildman–Crippen MR) is 368 cm³/mol. The van der Waals surface area contributed by atoms with E-state index in [1.165, 1.54) is 134 Å². The van der Waals surface area contributed by atoms with Gasteiger partial charge in [-0.05, 0) is 191 Å². The van der Waals surface area contributed by atoms with E-state index in [0.29, 0.717) is 0 Å². The van der Waals surface area contributed by atoms with Gasteiger partial charge in [0.2, 0.25) is 0 Å². The minimum Gasteiger partial charge on any atom is -0.311 e. The van der Waals surface area contributed by atoms with Crippen LogP contribution < -0.4 is 31.1 Å². The van der Waals surface area contributed by atoms with E-state index >= 15 is 0 Å². The molecule has 11 aromatic carbocycles. The Kier molecular flexibility index (Phi) is 12.0. The molecular formula is C82H74BN3. The van der Waals surface area contributed by atoms with E-state index in [0.717, 1.165) is 22.7 Å². The lowest BCUT2D eigenvalue weighted by Gasteiger charge is -2.46. The van der Waals surface area contributed by atoms with Crippen molar-refractivity contribution in [1.29, 1.82) is 0 Å². The number of nitrogens with zero attached hydrogens (tertiary/aromatic N) is 3. The fraction of sp³-hybridized carbons (Fsp3) is 0.195. The highest BCUT2D eigenvalue weighted by atomic mass is 15.2. The number of hydrogen-bond donors (Lipinski definition) is 0. The third kappa shape index (κ3) is 8.16. The molecule has 0 fully saturated rings. The van der Waals surface area contributed by atoms with E-state index in [-0.39, 0.29) is 28.4 Å². The number of benzene rings is 11. The van der Waals surface area contributed by atoms with Crippen LogP contribution in [0.4, 0.5) is 51.2 Å². The summed E-state index contributed by atoms with van der Waals surface area (Å²) in [6, 6.07) is 88.3. The normalized spacial score (nSPS) is 14.6. The van der Waals surface area contributed by atoms with Gasteiger partial charge < -0.3 is 14.7 Å². The zero-order valence-electron chi connectivity index (χ0n) is 51.9. The van der Waals surface area contributed by atoms with Gasteiger partial charge in [0.05, 0.1) is 5.69 Å². The van der Waals surface area contributed by atoms with E-state index in [4.69, 9.17) is 0 Å². The lowest BCUT2D eigenvalue weighted by molar-refractivity contribution is 0.590. The third-order valence-electron chi connectivity index (χ3n) is 19.8. The molecule has 2 aliphatic heterocycles. The molecule has 0 N–H and O–H groups in total. The van der Waals surface area contributed by atoms with Crippen molar-refractivity contribution < 1.29 is 0 Å². The van der Waals surface area contributed by atoms with E-state index < -0.39 is 0 Å². The standard InChI is InChI=1S/C82H74BN3/c1-51-34-36-55(53-24-15-13-16-25-53)44-72(51)84(73-45-56(37-35-52(73)2)54-26-17-14-18-27-54)60-40-42-68-74(50-60)85(59-39-41-63-61-28-19-21-31-65(61)81(9,10)67(63)49-59)75-47-58(80(6,7)8)48-76-78(75)83(68)69-46-57(79(3,4)5)38-43-70(69)86(76)71-33-23-30-64-62-29-20-22-32-66(62)82(11,12)77(64)71/h13-50H,1-12H3. The predicted octanol–water partition coefficient (Wildman–Crippen LogP) is 20.4. The molecule has 0 spiro atoms. The Hall–Kier alpha value is -9.12. The summed E-state index contributed by atoms with van der Waals surface area (Å²) in [7, 11) is 0. The quantitative estimate of drug-likeness (QED) is 0.147. The Morgan fingerprint density at radius 1 is 0.360 bits per heavy atom. The number of hydrogen-bond acceptors (Lipinski definition) is 3. The Morgan fingerprint density at radius 2 is 0.907 bits per heavy atom. The summed E-state index contributed by atoms with van der Waals surface area (Å²) >= 11 is 0. The van der Waals surface area contributed by atoms with E-state index in [9.17, 15) is 0 Å². The van der Waals surface area contributed by atoms with E-state index in [2.05, 4.69) is 328 Å². The second kappa shape index (κ2) is 19.2. The zero-order valence-corrected chi connectivity index (χ0v) is 51.9. The van der Waals surface area contributed by atoms with Crippen molar-refractivity contribution in [2.24, 2.45) is 0 Å². The van der Waals surface area contributed by atoms with Gasteiger partial charge in [-0.25, -0.2) is 0 Å². The molecule has 420 valence electrons. The molecule has 2 aliphatic carbocycles. The Labute approximate surface area is 510 Å². The smallest absolute Gasteiger partial charge is 0.252 e. The van der Waals surface area contributed by atoms with Gasteiger partial charge in [-0.15, -0.1) is 0 Å². The zero-order chi connectivity index (χ0) is 59.3. The minimum absolute atomic E-state index is 0.0975. The van der Waals surface area contributed by atoms with Crippen LogP contribution in [0.25, 0.3) is 44.5 Å². The second-order valence-electron chi connectivity index (χ2n) is 27.9. The molecular weight excluding hydrogens is 1040 g/mol. The van der Waals surface area contributed by atoms with Crippen LogP contribution in [0.1, 0.15) is 114 Å². The molecule has 11 aromatic rings. The maximum Gasteiger partial charge on any atom is 0.252 e. The Morgan fingerprint density at radius 3 is 1.52 bits per heavy atom. The van der Waals surface area contributed by atoms with Crippen LogP contribution in [0.3, 0.4) is 0 Å². The first-order valence-electron chi connectivity index (χ1n) is 30.9. The van der Waals surface area contributed by atoms with Gasteiger partial charge in [0.15, 0.2) is 0 Å². The van der Waals surface area contributed by atoms with Gasteiger partial charge in [-0.1, -0.05) is 239 Å². The lowest BCUT2D eigenvalue weighted by atomic mass is 9.33. The summed E-state index contributed by atoms with van der Waals surface area (Å²) in [6.07, 6.45) is 0. The average molecular weight is 1110 g/mol. The highest BCUT2D eigenvalue weighted by Gasteiger charge is 2.48. The molecule has 0 radical (unpaired) electrons. The van der Waals surface area contributed by atoms with E-state index in [1.54, 1.807) is 0 Å². The molecule has 0 unspecified atom stereocenters. The largest absolute Gasteiger partial charge is 0.311 e. The van der Waals surface area contributed by atoms with Crippen LogP contribution in [0.2, 0.25) is 0 Å². The summed E-state index contributed by atoms with van der Waals surface area (Å²) in [4.78, 5) is 7.92. The van der Waals surface area contributed by atoms with E-state index in [1.807, 2.05) is 0 Å². The molecule has 0 saturated carbocycles. The van der Waals surface area contributed by atoms with Crippen LogP contribution in [0, 0.1) is 13.8 Å². The molecule has 2 heterocycles. The van der Waals surface area contributed by atoms with Gasteiger partial charge in [-0.2, -0.15) is 0 Å². The maximum atomic E-state index is 2.69. The summed E-state index contributed by atoms with van der Waals surface area (Å²) in [5.41, 5.74) is 34.4. The fourth-order valence-corrected chi connectivity index (χ4v) is 15.1. The van der Waals surface area contributed by atoms with Crippen LogP contribution in [-0.2, 0) is 21.7 Å². The second-order valence-corrected chi connectivity index (χ2v) is 27.9. The van der Waals surface area contributed by atoms with Crippen LogP contribution in [-0.4, -0.2) is 6.71 Å². The molecule has 3 nitrogen and oxygen atoms in total. The van der Waals surface area contributed by atoms with Crippen molar-refractivity contribution in [1.82, 2.24) is 0 Å². The van der Waals surface area contributed by atoms with Crippen LogP contribution in [0.15, 0.2) is 231 Å². The molecule has 15 rings (SSSR count). The van der Waals surface area contributed by atoms with Crippen molar-refractivity contribution in [3.05, 3.63) is 275 Å². The first-order chi connectivity index (χ1) is 41.3. The minimum atomic E-state index is -0.250. The van der Waals surface area contributed by atoms with Gasteiger partial charge in [0.25, 0.3) is 6.71 Å². The molecule has 4 aliphatic rings. The third-order valence-corrected chi connectivity index (χ3v) is 19.8. The van der Waals surface area contributed by atoms with Gasteiger partial charge >= 0.3 is 0 Å². The SMILES string of the molecule is Cc1ccc(-c2ccccc2)cc1N(c1ccc2c(c1)N(c1ccc3c(c1)C(C)(C)c1ccccc1-3)c1cc(C(C)(C)C)cc3c1B2c1cc(C(C)(C)C)ccc1N3c1cccc2c1C(C)(C)c1ccccc1-2)c1cc(-c2ccccc2)ccc1C. The highest BCUT2D eigenvalue weighted by Crippen LogP contribution is 2.57. The van der Waals surface area contributed by atoms with Crippen molar-refractivity contribution in [2.75, 3.05) is 14.7 Å². The number of aryl methyl sites for hydroxylation is 2. The van der Waals surface area contributed by atoms with Crippen molar-refractivity contribution >= 4 is 74.3 Å². The number of rotatable bonds is 7.